The standard InChI is InChI=1S/C9H19AsN2O2/c10-6-2-1-3-8(13)7(11)4-5-9(12)14/h7H,1-6,10-11H2,(H2,12,14)/t7-/m0/s1. The number of carbonyl (C=O) groups excluding carboxylic acids is 2. The second-order valence-electron chi connectivity index (χ2n) is 3.32. The number of unbranched alkanes of at least 4 members (excludes halogenated alkanes) is 1. The molecule has 1 unspecified atom stereocenters. The van der Waals surface area contributed by atoms with Gasteiger partial charge in [0.15, 0.2) is 0 Å². The normalized spacial score (nSPS) is 12.4. The van der Waals surface area contributed by atoms with Gasteiger partial charge in [-0.1, -0.05) is 0 Å². The van der Waals surface area contributed by atoms with Gasteiger partial charge in [0, 0.05) is 0 Å². The van der Waals surface area contributed by atoms with Crippen LogP contribution in [-0.2, 0) is 9.59 Å². The zero-order valence-corrected chi connectivity index (χ0v) is 10.8. The molecule has 0 aliphatic heterocycles. The van der Waals surface area contributed by atoms with E-state index in [-0.39, 0.29) is 12.2 Å². The molecule has 0 bridgehead atoms. The summed E-state index contributed by atoms with van der Waals surface area (Å²) in [5.74, 6) is -0.350. The number of hydrogen-bond acceptors (Lipinski definition) is 3. The molecule has 0 rings (SSSR count). The summed E-state index contributed by atoms with van der Waals surface area (Å²) in [6.07, 6.45) is 3.09. The molecular weight excluding hydrogens is 243 g/mol. The van der Waals surface area contributed by atoms with Crippen LogP contribution in [0.2, 0.25) is 5.21 Å². The van der Waals surface area contributed by atoms with E-state index in [0.717, 1.165) is 18.1 Å². The van der Waals surface area contributed by atoms with Gasteiger partial charge in [-0.2, -0.15) is 0 Å². The van der Waals surface area contributed by atoms with Crippen LogP contribution in [0.5, 0.6) is 0 Å². The Morgan fingerprint density at radius 3 is 2.36 bits per heavy atom. The Bertz CT molecular complexity index is 197. The third-order valence-electron chi connectivity index (χ3n) is 1.99. The molecule has 0 radical (unpaired) electrons. The van der Waals surface area contributed by atoms with E-state index in [4.69, 9.17) is 11.5 Å². The molecule has 0 aliphatic carbocycles. The van der Waals surface area contributed by atoms with E-state index in [0.29, 0.717) is 12.8 Å². The van der Waals surface area contributed by atoms with E-state index in [1.165, 1.54) is 0 Å². The minimum absolute atomic E-state index is 0.0483. The molecule has 1 amide bonds. The fraction of sp³-hybridized carbons (Fsp3) is 0.778. The van der Waals surface area contributed by atoms with Crippen molar-refractivity contribution in [3.8, 4) is 0 Å². The monoisotopic (exact) mass is 262 g/mol. The van der Waals surface area contributed by atoms with Crippen molar-refractivity contribution in [3.63, 3.8) is 0 Å². The van der Waals surface area contributed by atoms with Gasteiger partial charge in [-0.15, -0.1) is 0 Å². The maximum atomic E-state index is 11.4. The van der Waals surface area contributed by atoms with Crippen LogP contribution in [0.15, 0.2) is 0 Å². The number of rotatable bonds is 8. The topological polar surface area (TPSA) is 86.2 Å². The predicted octanol–water partition coefficient (Wildman–Crippen LogP) is -0.630. The zero-order chi connectivity index (χ0) is 11.0. The van der Waals surface area contributed by atoms with Crippen molar-refractivity contribution in [3.05, 3.63) is 0 Å². The number of ketones is 1. The van der Waals surface area contributed by atoms with Gasteiger partial charge in [0.25, 0.3) is 0 Å². The summed E-state index contributed by atoms with van der Waals surface area (Å²) in [5.41, 5.74) is 10.6. The predicted molar refractivity (Wildman–Crippen MR) is 58.6 cm³/mol. The van der Waals surface area contributed by atoms with Gasteiger partial charge >= 0.3 is 93.0 Å². The average molecular weight is 262 g/mol. The number of hydrogen-bond donors (Lipinski definition) is 2. The fourth-order valence-corrected chi connectivity index (χ4v) is 1.69. The first-order valence-corrected chi connectivity index (χ1v) is 6.56. The van der Waals surface area contributed by atoms with Gasteiger partial charge in [0.2, 0.25) is 0 Å². The maximum absolute atomic E-state index is 11.4. The third-order valence-corrected chi connectivity index (χ3v) is 2.85. The Balaban J connectivity index is 3.59. The van der Waals surface area contributed by atoms with Crippen molar-refractivity contribution in [2.24, 2.45) is 11.5 Å². The summed E-state index contributed by atoms with van der Waals surface area (Å²) < 4.78 is 0. The molecule has 14 heavy (non-hydrogen) atoms. The van der Waals surface area contributed by atoms with Crippen molar-refractivity contribution < 1.29 is 9.59 Å². The van der Waals surface area contributed by atoms with Crippen LogP contribution in [0.4, 0.5) is 0 Å². The first kappa shape index (κ1) is 13.7. The van der Waals surface area contributed by atoms with Gasteiger partial charge in [-0.05, 0) is 0 Å². The molecule has 0 saturated heterocycles. The summed E-state index contributed by atoms with van der Waals surface area (Å²) >= 11 is 1.68. The number of amides is 1. The van der Waals surface area contributed by atoms with E-state index in [1.807, 2.05) is 0 Å². The van der Waals surface area contributed by atoms with Gasteiger partial charge in [0.05, 0.1) is 0 Å². The van der Waals surface area contributed by atoms with Gasteiger partial charge in [0.1, 0.15) is 0 Å². The quantitative estimate of drug-likeness (QED) is 0.451. The number of nitrogens with two attached hydrogens (primary N) is 2. The summed E-state index contributed by atoms with van der Waals surface area (Å²) in [7, 11) is 0. The van der Waals surface area contributed by atoms with Gasteiger partial charge in [-0.3, -0.25) is 0 Å². The number of primary amides is 1. The summed E-state index contributed by atoms with van der Waals surface area (Å²) in [6, 6.07) is -0.509. The van der Waals surface area contributed by atoms with Crippen molar-refractivity contribution in [2.75, 3.05) is 0 Å². The third kappa shape index (κ3) is 7.10. The average Bonchev–Trinajstić information content (AvgIpc) is 2.14. The van der Waals surface area contributed by atoms with Crippen LogP contribution in [0.3, 0.4) is 0 Å². The van der Waals surface area contributed by atoms with Crippen molar-refractivity contribution in [1.82, 2.24) is 0 Å². The van der Waals surface area contributed by atoms with Crippen molar-refractivity contribution in [2.45, 2.75) is 43.4 Å². The summed E-state index contributed by atoms with van der Waals surface area (Å²) in [6.45, 7) is 0. The molecule has 82 valence electrons. The van der Waals surface area contributed by atoms with Crippen LogP contribution in [0, 0.1) is 0 Å². The van der Waals surface area contributed by atoms with Crippen molar-refractivity contribution in [1.29, 1.82) is 0 Å². The Kier molecular flexibility index (Phi) is 7.81. The molecule has 4 nitrogen and oxygen atoms in total. The Morgan fingerprint density at radius 2 is 1.86 bits per heavy atom. The molecular formula is C9H19AsN2O2. The second-order valence-corrected chi connectivity index (χ2v) is 4.53. The molecule has 0 heterocycles. The van der Waals surface area contributed by atoms with E-state index < -0.39 is 11.9 Å². The van der Waals surface area contributed by atoms with Gasteiger partial charge in [-0.25, -0.2) is 0 Å². The van der Waals surface area contributed by atoms with Crippen LogP contribution in [0.1, 0.15) is 32.1 Å². The van der Waals surface area contributed by atoms with E-state index in [9.17, 15) is 9.59 Å². The number of carbonyl (C=O) groups is 2. The Labute approximate surface area is 93.3 Å². The Hall–Kier alpha value is -0.342. The SMILES string of the molecule is NC(=O)CC[C@H](N)C(=O)CCCC[AsH2]. The summed E-state index contributed by atoms with van der Waals surface area (Å²) in [4.78, 5) is 21.8. The molecule has 0 aliphatic rings. The molecule has 0 fully saturated rings. The van der Waals surface area contributed by atoms with E-state index in [2.05, 4.69) is 0 Å². The molecule has 2 atom stereocenters. The fourth-order valence-electron chi connectivity index (χ4n) is 1.09. The van der Waals surface area contributed by atoms with Gasteiger partial charge < -0.3 is 0 Å². The van der Waals surface area contributed by atoms with Crippen LogP contribution >= 0.6 is 0 Å². The Morgan fingerprint density at radius 1 is 1.21 bits per heavy atom. The molecule has 0 aromatic carbocycles. The number of Topliss-reactive ketones (excluding diaryl/α,β-unsaturated/α-hetero) is 1. The van der Waals surface area contributed by atoms with Crippen LogP contribution < -0.4 is 11.5 Å². The molecule has 0 saturated carbocycles. The minimum atomic E-state index is -0.509. The molecule has 0 aromatic rings. The van der Waals surface area contributed by atoms with E-state index >= 15 is 0 Å². The van der Waals surface area contributed by atoms with E-state index in [1.54, 1.807) is 16.9 Å². The first-order valence-electron chi connectivity index (χ1n) is 4.84. The van der Waals surface area contributed by atoms with Crippen molar-refractivity contribution >= 4 is 28.5 Å². The molecule has 4 N–H and O–H groups in total. The summed E-state index contributed by atoms with van der Waals surface area (Å²) in [5, 5.41) is 1.15. The first-order chi connectivity index (χ1) is 6.57. The van der Waals surface area contributed by atoms with Crippen LogP contribution in [-0.4, -0.2) is 34.6 Å². The molecule has 0 spiro atoms. The molecule has 0 aromatic heterocycles. The second kappa shape index (κ2) is 8.01. The molecule has 5 heteroatoms. The van der Waals surface area contributed by atoms with Crippen LogP contribution in [0.25, 0.3) is 0 Å². The zero-order valence-electron chi connectivity index (χ0n) is 8.37.